The predicted molar refractivity (Wildman–Crippen MR) is 63.3 cm³/mol. The van der Waals surface area contributed by atoms with Gasteiger partial charge in [-0.25, -0.2) is 0 Å². The minimum Gasteiger partial charge on any atom is -0.381 e. The molecule has 80 valence electrons. The molecule has 1 aromatic rings. The Morgan fingerprint density at radius 1 is 1.33 bits per heavy atom. The average Bonchev–Trinajstić information content (AvgIpc) is 2.26. The Labute approximate surface area is 91.1 Å². The molecule has 2 heterocycles. The van der Waals surface area contributed by atoms with Gasteiger partial charge >= 0.3 is 0 Å². The van der Waals surface area contributed by atoms with Crippen LogP contribution in [0.4, 0.5) is 5.69 Å². The summed E-state index contributed by atoms with van der Waals surface area (Å²) in [6.45, 7) is 4.48. The fourth-order valence-electron chi connectivity index (χ4n) is 2.84. The highest BCUT2D eigenvalue weighted by Crippen LogP contribution is 2.31. The van der Waals surface area contributed by atoms with Crippen molar-refractivity contribution in [1.29, 1.82) is 0 Å². The van der Waals surface area contributed by atoms with Crippen LogP contribution in [0.3, 0.4) is 0 Å². The van der Waals surface area contributed by atoms with Crippen molar-refractivity contribution in [2.45, 2.75) is 25.8 Å². The van der Waals surface area contributed by atoms with Gasteiger partial charge in [0.05, 0.1) is 0 Å². The number of aryl methyl sites for hydroxylation is 1. The molecule has 2 nitrogen and oxygen atoms in total. The lowest BCUT2D eigenvalue weighted by atomic mass is 9.82. The van der Waals surface area contributed by atoms with Gasteiger partial charge in [-0.05, 0) is 43.9 Å². The van der Waals surface area contributed by atoms with E-state index in [1.807, 2.05) is 0 Å². The third-order valence-corrected chi connectivity index (χ3v) is 3.71. The van der Waals surface area contributed by atoms with Crippen LogP contribution in [-0.2, 0) is 6.42 Å². The zero-order valence-corrected chi connectivity index (χ0v) is 9.22. The molecule has 0 aliphatic carbocycles. The maximum atomic E-state index is 3.66. The summed E-state index contributed by atoms with van der Waals surface area (Å²) in [5, 5.41) is 7.13. The molecule has 3 rings (SSSR count). The Morgan fingerprint density at radius 2 is 2.27 bits per heavy atom. The van der Waals surface area contributed by atoms with Crippen molar-refractivity contribution in [2.24, 2.45) is 5.92 Å². The summed E-state index contributed by atoms with van der Waals surface area (Å²) < 4.78 is 0. The lowest BCUT2D eigenvalue weighted by Crippen LogP contribution is -2.48. The number of hydrogen-bond acceptors (Lipinski definition) is 2. The second-order valence-electron chi connectivity index (χ2n) is 4.87. The SMILES string of the molecule is Cc1ccc2c(c1)CC1CCNCC1N2. The van der Waals surface area contributed by atoms with Gasteiger partial charge in [-0.2, -0.15) is 0 Å². The van der Waals surface area contributed by atoms with Crippen LogP contribution >= 0.6 is 0 Å². The molecule has 2 heteroatoms. The molecule has 15 heavy (non-hydrogen) atoms. The summed E-state index contributed by atoms with van der Waals surface area (Å²) in [6, 6.07) is 7.41. The van der Waals surface area contributed by atoms with Gasteiger partial charge < -0.3 is 10.6 Å². The second kappa shape index (κ2) is 3.53. The highest BCUT2D eigenvalue weighted by molar-refractivity contribution is 5.55. The first kappa shape index (κ1) is 9.22. The molecule has 1 aromatic carbocycles. The molecule has 0 saturated carbocycles. The van der Waals surface area contributed by atoms with E-state index in [1.165, 1.54) is 36.2 Å². The van der Waals surface area contributed by atoms with E-state index < -0.39 is 0 Å². The standard InChI is InChI=1S/C13H18N2/c1-9-2-3-12-11(6-9)7-10-4-5-14-8-13(10)15-12/h2-3,6,10,13-15H,4-5,7-8H2,1H3. The van der Waals surface area contributed by atoms with Gasteiger partial charge in [-0.3, -0.25) is 0 Å². The fraction of sp³-hybridized carbons (Fsp3) is 0.538. The van der Waals surface area contributed by atoms with E-state index in [1.54, 1.807) is 0 Å². The lowest BCUT2D eigenvalue weighted by Gasteiger charge is -2.38. The first-order valence-electron chi connectivity index (χ1n) is 5.90. The Hall–Kier alpha value is -1.02. The molecule has 0 aromatic heterocycles. The maximum Gasteiger partial charge on any atom is 0.0417 e. The molecule has 2 unspecified atom stereocenters. The Morgan fingerprint density at radius 3 is 3.20 bits per heavy atom. The lowest BCUT2D eigenvalue weighted by molar-refractivity contribution is 0.331. The third-order valence-electron chi connectivity index (χ3n) is 3.71. The summed E-state index contributed by atoms with van der Waals surface area (Å²) in [5.74, 6) is 0.834. The minimum absolute atomic E-state index is 0.647. The van der Waals surface area contributed by atoms with Crippen molar-refractivity contribution < 1.29 is 0 Å². The fourth-order valence-corrected chi connectivity index (χ4v) is 2.84. The van der Waals surface area contributed by atoms with E-state index in [2.05, 4.69) is 35.8 Å². The van der Waals surface area contributed by atoms with Crippen LogP contribution in [-0.4, -0.2) is 19.1 Å². The zero-order chi connectivity index (χ0) is 10.3. The summed E-state index contributed by atoms with van der Waals surface area (Å²) >= 11 is 0. The van der Waals surface area contributed by atoms with Crippen molar-refractivity contribution in [1.82, 2.24) is 5.32 Å². The van der Waals surface area contributed by atoms with E-state index in [4.69, 9.17) is 0 Å². The number of nitrogens with one attached hydrogen (secondary N) is 2. The smallest absolute Gasteiger partial charge is 0.0417 e. The van der Waals surface area contributed by atoms with Crippen LogP contribution in [0.5, 0.6) is 0 Å². The van der Waals surface area contributed by atoms with Crippen LogP contribution < -0.4 is 10.6 Å². The van der Waals surface area contributed by atoms with Crippen LogP contribution in [0.2, 0.25) is 0 Å². The minimum atomic E-state index is 0.647. The van der Waals surface area contributed by atoms with Crippen LogP contribution in [0.15, 0.2) is 18.2 Å². The van der Waals surface area contributed by atoms with Crippen LogP contribution in [0.1, 0.15) is 17.5 Å². The van der Waals surface area contributed by atoms with Gasteiger partial charge in [0.2, 0.25) is 0 Å². The molecule has 0 spiro atoms. The molecule has 0 amide bonds. The van der Waals surface area contributed by atoms with Gasteiger partial charge in [-0.1, -0.05) is 17.7 Å². The van der Waals surface area contributed by atoms with E-state index >= 15 is 0 Å². The van der Waals surface area contributed by atoms with Gasteiger partial charge in [0, 0.05) is 18.3 Å². The Kier molecular flexibility index (Phi) is 2.17. The second-order valence-corrected chi connectivity index (χ2v) is 4.87. The first-order chi connectivity index (χ1) is 7.33. The van der Waals surface area contributed by atoms with Gasteiger partial charge in [0.15, 0.2) is 0 Å². The van der Waals surface area contributed by atoms with E-state index in [-0.39, 0.29) is 0 Å². The molecule has 2 atom stereocenters. The average molecular weight is 202 g/mol. The predicted octanol–water partition coefficient (Wildman–Crippen LogP) is 1.94. The summed E-state index contributed by atoms with van der Waals surface area (Å²) in [4.78, 5) is 0. The first-order valence-corrected chi connectivity index (χ1v) is 5.90. The number of fused-ring (bicyclic) bond motifs is 2. The molecule has 2 aliphatic heterocycles. The Bertz CT molecular complexity index is 373. The summed E-state index contributed by atoms with van der Waals surface area (Å²) in [5.41, 5.74) is 4.24. The summed E-state index contributed by atoms with van der Waals surface area (Å²) in [6.07, 6.45) is 2.57. The van der Waals surface area contributed by atoms with Crippen molar-refractivity contribution in [3.05, 3.63) is 29.3 Å². The molecule has 2 N–H and O–H groups in total. The quantitative estimate of drug-likeness (QED) is 0.672. The topological polar surface area (TPSA) is 24.1 Å². The number of hydrogen-bond donors (Lipinski definition) is 2. The van der Waals surface area contributed by atoms with Gasteiger partial charge in [0.1, 0.15) is 0 Å². The highest BCUT2D eigenvalue weighted by atomic mass is 15.0. The van der Waals surface area contributed by atoms with Gasteiger partial charge in [0.25, 0.3) is 0 Å². The van der Waals surface area contributed by atoms with Crippen molar-refractivity contribution >= 4 is 5.69 Å². The molecular formula is C13H18N2. The highest BCUT2D eigenvalue weighted by Gasteiger charge is 2.29. The van der Waals surface area contributed by atoms with E-state index in [9.17, 15) is 0 Å². The molecule has 1 saturated heterocycles. The number of rotatable bonds is 0. The van der Waals surface area contributed by atoms with Crippen molar-refractivity contribution in [2.75, 3.05) is 18.4 Å². The molecule has 2 aliphatic rings. The van der Waals surface area contributed by atoms with Crippen molar-refractivity contribution in [3.63, 3.8) is 0 Å². The summed E-state index contributed by atoms with van der Waals surface area (Å²) in [7, 11) is 0. The van der Waals surface area contributed by atoms with Crippen LogP contribution in [0.25, 0.3) is 0 Å². The monoisotopic (exact) mass is 202 g/mol. The largest absolute Gasteiger partial charge is 0.381 e. The van der Waals surface area contributed by atoms with E-state index in [0.717, 1.165) is 12.5 Å². The number of benzene rings is 1. The molecular weight excluding hydrogens is 184 g/mol. The van der Waals surface area contributed by atoms with Gasteiger partial charge in [-0.15, -0.1) is 0 Å². The molecule has 0 bridgehead atoms. The Balaban J connectivity index is 1.92. The number of piperidine rings is 1. The third kappa shape index (κ3) is 1.63. The molecule has 1 fully saturated rings. The maximum absolute atomic E-state index is 3.66. The normalized spacial score (nSPS) is 28.9. The number of anilines is 1. The zero-order valence-electron chi connectivity index (χ0n) is 9.22. The van der Waals surface area contributed by atoms with E-state index in [0.29, 0.717) is 6.04 Å². The molecule has 0 radical (unpaired) electrons. The van der Waals surface area contributed by atoms with Crippen LogP contribution in [0, 0.1) is 12.8 Å². The van der Waals surface area contributed by atoms with Crippen molar-refractivity contribution in [3.8, 4) is 0 Å².